The molecule has 188 valence electrons. The SMILES string of the molecule is O=C1S/C(=C/c2cccc(Oc3ccc([N+](=O)[O-])cc3[N+](=O)[O-])c2)C(=O)N1Cc1cccc2ccccc12. The molecule has 5 rings (SSSR count). The van der Waals surface area contributed by atoms with E-state index in [4.69, 9.17) is 4.74 Å². The third kappa shape index (κ3) is 4.95. The molecule has 4 aromatic rings. The number of amides is 2. The van der Waals surface area contributed by atoms with E-state index >= 15 is 0 Å². The highest BCUT2D eigenvalue weighted by molar-refractivity contribution is 8.18. The molecule has 0 N–H and O–H groups in total. The van der Waals surface area contributed by atoms with Gasteiger partial charge in [-0.3, -0.25) is 34.7 Å². The summed E-state index contributed by atoms with van der Waals surface area (Å²) in [7, 11) is 0. The van der Waals surface area contributed by atoms with Gasteiger partial charge in [-0.05, 0) is 57.9 Å². The largest absolute Gasteiger partial charge is 0.450 e. The van der Waals surface area contributed by atoms with Gasteiger partial charge in [0.25, 0.3) is 16.8 Å². The lowest BCUT2D eigenvalue weighted by atomic mass is 10.0. The van der Waals surface area contributed by atoms with Crippen LogP contribution < -0.4 is 4.74 Å². The molecule has 0 aliphatic carbocycles. The van der Waals surface area contributed by atoms with Crippen molar-refractivity contribution in [2.24, 2.45) is 0 Å². The van der Waals surface area contributed by atoms with E-state index in [1.54, 1.807) is 30.3 Å². The second kappa shape index (κ2) is 10.1. The highest BCUT2D eigenvalue weighted by Gasteiger charge is 2.35. The zero-order chi connectivity index (χ0) is 26.8. The van der Waals surface area contributed by atoms with E-state index < -0.39 is 27.1 Å². The maximum Gasteiger partial charge on any atom is 0.318 e. The molecule has 1 aliphatic rings. The third-order valence-corrected chi connectivity index (χ3v) is 6.72. The average Bonchev–Trinajstić information content (AvgIpc) is 3.16. The highest BCUT2D eigenvalue weighted by Crippen LogP contribution is 2.37. The van der Waals surface area contributed by atoms with Gasteiger partial charge in [0, 0.05) is 6.07 Å². The number of nitrogens with zero attached hydrogens (tertiary/aromatic N) is 3. The van der Waals surface area contributed by atoms with E-state index in [0.29, 0.717) is 5.56 Å². The van der Waals surface area contributed by atoms with Crippen LogP contribution in [-0.4, -0.2) is 25.9 Å². The van der Waals surface area contributed by atoms with Gasteiger partial charge in [-0.1, -0.05) is 54.6 Å². The fourth-order valence-electron chi connectivity index (χ4n) is 4.03. The fraction of sp³-hybridized carbons (Fsp3) is 0.0370. The first-order valence-corrected chi connectivity index (χ1v) is 12.0. The Morgan fingerprint density at radius 1 is 0.868 bits per heavy atom. The van der Waals surface area contributed by atoms with Crippen molar-refractivity contribution in [3.05, 3.63) is 121 Å². The zero-order valence-electron chi connectivity index (χ0n) is 19.5. The lowest BCUT2D eigenvalue weighted by molar-refractivity contribution is -0.394. The van der Waals surface area contributed by atoms with E-state index in [9.17, 15) is 29.8 Å². The predicted octanol–water partition coefficient (Wildman–Crippen LogP) is 6.69. The molecular weight excluding hydrogens is 510 g/mol. The van der Waals surface area contributed by atoms with Crippen LogP contribution in [0.5, 0.6) is 11.5 Å². The molecule has 4 aromatic carbocycles. The molecule has 10 nitrogen and oxygen atoms in total. The van der Waals surface area contributed by atoms with Crippen LogP contribution in [0.3, 0.4) is 0 Å². The zero-order valence-corrected chi connectivity index (χ0v) is 20.3. The van der Waals surface area contributed by atoms with Crippen molar-refractivity contribution >= 4 is 51.1 Å². The molecule has 1 heterocycles. The lowest BCUT2D eigenvalue weighted by Crippen LogP contribution is -2.27. The molecule has 0 spiro atoms. The molecule has 0 aromatic heterocycles. The predicted molar refractivity (Wildman–Crippen MR) is 142 cm³/mol. The number of nitro benzene ring substituents is 2. The molecule has 1 fully saturated rings. The Balaban J connectivity index is 1.38. The van der Waals surface area contributed by atoms with Crippen molar-refractivity contribution in [3.8, 4) is 11.5 Å². The normalized spacial score (nSPS) is 14.3. The molecular formula is C27H17N3O7S. The molecule has 11 heteroatoms. The Morgan fingerprint density at radius 3 is 2.42 bits per heavy atom. The van der Waals surface area contributed by atoms with Crippen LogP contribution >= 0.6 is 11.8 Å². The van der Waals surface area contributed by atoms with Crippen LogP contribution in [0.25, 0.3) is 16.8 Å². The van der Waals surface area contributed by atoms with E-state index in [1.165, 1.54) is 4.90 Å². The minimum absolute atomic E-state index is 0.135. The van der Waals surface area contributed by atoms with E-state index in [1.807, 2.05) is 42.5 Å². The molecule has 38 heavy (non-hydrogen) atoms. The molecule has 0 radical (unpaired) electrons. The lowest BCUT2D eigenvalue weighted by Gasteiger charge is -2.14. The summed E-state index contributed by atoms with van der Waals surface area (Å²) in [5.41, 5.74) is 0.394. The van der Waals surface area contributed by atoms with Crippen molar-refractivity contribution < 1.29 is 24.2 Å². The van der Waals surface area contributed by atoms with Gasteiger partial charge in [0.1, 0.15) is 5.75 Å². The Hall–Kier alpha value is -5.03. The Labute approximate surface area is 219 Å². The topological polar surface area (TPSA) is 133 Å². The van der Waals surface area contributed by atoms with Crippen LogP contribution in [0.15, 0.2) is 89.8 Å². The number of thioether (sulfide) groups is 1. The Bertz CT molecular complexity index is 1660. The van der Waals surface area contributed by atoms with Crippen LogP contribution in [-0.2, 0) is 11.3 Å². The summed E-state index contributed by atoms with van der Waals surface area (Å²) in [5.74, 6) is -0.385. The van der Waals surface area contributed by atoms with Gasteiger partial charge in [0.2, 0.25) is 5.75 Å². The summed E-state index contributed by atoms with van der Waals surface area (Å²) in [6, 6.07) is 23.0. The van der Waals surface area contributed by atoms with Gasteiger partial charge in [-0.15, -0.1) is 0 Å². The van der Waals surface area contributed by atoms with Crippen LogP contribution in [0, 0.1) is 20.2 Å². The number of benzene rings is 4. The van der Waals surface area contributed by atoms with Crippen molar-refractivity contribution in [2.45, 2.75) is 6.54 Å². The first kappa shape index (κ1) is 24.7. The number of carbonyl (C=O) groups is 2. The Kier molecular flexibility index (Phi) is 6.58. The van der Waals surface area contributed by atoms with Gasteiger partial charge < -0.3 is 4.74 Å². The van der Waals surface area contributed by atoms with Crippen molar-refractivity contribution in [2.75, 3.05) is 0 Å². The third-order valence-electron chi connectivity index (χ3n) is 5.82. The maximum atomic E-state index is 13.1. The first-order chi connectivity index (χ1) is 18.3. The summed E-state index contributed by atoms with van der Waals surface area (Å²) in [6.07, 6.45) is 1.55. The monoisotopic (exact) mass is 527 g/mol. The van der Waals surface area contributed by atoms with Gasteiger partial charge in [-0.25, -0.2) is 0 Å². The second-order valence-corrected chi connectivity index (χ2v) is 9.24. The smallest absolute Gasteiger partial charge is 0.318 e. The number of rotatable bonds is 7. The minimum Gasteiger partial charge on any atom is -0.450 e. The molecule has 1 saturated heterocycles. The maximum absolute atomic E-state index is 13.1. The summed E-state index contributed by atoms with van der Waals surface area (Å²) in [6.45, 7) is 0.135. The molecule has 0 atom stereocenters. The molecule has 0 saturated carbocycles. The van der Waals surface area contributed by atoms with E-state index in [-0.39, 0.29) is 28.2 Å². The van der Waals surface area contributed by atoms with Gasteiger partial charge in [-0.2, -0.15) is 0 Å². The molecule has 2 amide bonds. The molecule has 1 aliphatic heterocycles. The number of fused-ring (bicyclic) bond motifs is 1. The fourth-order valence-corrected chi connectivity index (χ4v) is 4.87. The van der Waals surface area contributed by atoms with Crippen molar-refractivity contribution in [1.29, 1.82) is 0 Å². The number of hydrogen-bond acceptors (Lipinski definition) is 8. The summed E-state index contributed by atoms with van der Waals surface area (Å²) < 4.78 is 5.64. The number of imide groups is 1. The Morgan fingerprint density at radius 2 is 1.63 bits per heavy atom. The van der Waals surface area contributed by atoms with Gasteiger partial charge in [0.05, 0.1) is 27.4 Å². The van der Waals surface area contributed by atoms with Crippen LogP contribution in [0.4, 0.5) is 16.2 Å². The first-order valence-electron chi connectivity index (χ1n) is 11.2. The summed E-state index contributed by atoms with van der Waals surface area (Å²) in [4.78, 5) is 48.1. The second-order valence-electron chi connectivity index (χ2n) is 8.25. The van der Waals surface area contributed by atoms with Crippen molar-refractivity contribution in [1.82, 2.24) is 4.90 Å². The highest BCUT2D eigenvalue weighted by atomic mass is 32.2. The summed E-state index contributed by atoms with van der Waals surface area (Å²) >= 11 is 0.826. The quantitative estimate of drug-likeness (QED) is 0.148. The standard InChI is InChI=1S/C27H17N3O7S/c31-26-25(38-27(32)28(26)16-19-8-4-7-18-6-1-2-10-22(18)19)14-17-5-3-9-21(13-17)37-24-12-11-20(29(33)34)15-23(24)30(35)36/h1-15H,16H2/b25-14+. The van der Waals surface area contributed by atoms with Crippen LogP contribution in [0.2, 0.25) is 0 Å². The van der Waals surface area contributed by atoms with Crippen molar-refractivity contribution in [3.63, 3.8) is 0 Å². The van der Waals surface area contributed by atoms with E-state index in [0.717, 1.165) is 46.3 Å². The number of non-ortho nitro benzene ring substituents is 1. The van der Waals surface area contributed by atoms with E-state index in [2.05, 4.69) is 0 Å². The number of carbonyl (C=O) groups excluding carboxylic acids is 2. The van der Waals surface area contributed by atoms with Crippen LogP contribution in [0.1, 0.15) is 11.1 Å². The van der Waals surface area contributed by atoms with Gasteiger partial charge in [0.15, 0.2) is 0 Å². The number of hydrogen-bond donors (Lipinski definition) is 0. The summed E-state index contributed by atoms with van der Waals surface area (Å²) in [5, 5.41) is 24.0. The number of ether oxygens (including phenoxy) is 1. The minimum atomic E-state index is -0.766. The van der Waals surface area contributed by atoms with Gasteiger partial charge >= 0.3 is 5.69 Å². The molecule has 0 unspecified atom stereocenters. The molecule has 0 bridgehead atoms. The average molecular weight is 528 g/mol. The number of nitro groups is 2.